The van der Waals surface area contributed by atoms with Gasteiger partial charge in [-0.15, -0.1) is 0 Å². The van der Waals surface area contributed by atoms with Gasteiger partial charge in [-0.05, 0) is 26.2 Å². The Labute approximate surface area is 144 Å². The highest BCUT2D eigenvalue weighted by molar-refractivity contribution is 7.98. The summed E-state index contributed by atoms with van der Waals surface area (Å²) >= 11 is 1.73. The standard InChI is InChI=1S/C16H21N5O2S/c1-19(2)8-12-4-5-13(23-12)10-24-7-6-21-11-17-14-9-20(3)18-15(14)16(21)22/h4-5,9,11H,6-8,10H2,1-3H3. The molecule has 0 atom stereocenters. The Morgan fingerprint density at radius 1 is 1.29 bits per heavy atom. The van der Waals surface area contributed by atoms with Gasteiger partial charge in [-0.3, -0.25) is 14.0 Å². The van der Waals surface area contributed by atoms with E-state index in [0.29, 0.717) is 17.6 Å². The molecule has 0 aromatic carbocycles. The van der Waals surface area contributed by atoms with Gasteiger partial charge in [-0.1, -0.05) is 0 Å². The summed E-state index contributed by atoms with van der Waals surface area (Å²) in [6.45, 7) is 1.41. The minimum Gasteiger partial charge on any atom is -0.464 e. The fourth-order valence-electron chi connectivity index (χ4n) is 2.43. The van der Waals surface area contributed by atoms with E-state index in [-0.39, 0.29) is 5.56 Å². The Balaban J connectivity index is 1.54. The third-order valence-electron chi connectivity index (χ3n) is 3.52. The van der Waals surface area contributed by atoms with E-state index in [1.807, 2.05) is 26.2 Å². The van der Waals surface area contributed by atoms with E-state index >= 15 is 0 Å². The Bertz CT molecular complexity index is 880. The van der Waals surface area contributed by atoms with Crippen LogP contribution >= 0.6 is 11.8 Å². The average Bonchev–Trinajstić information content (AvgIpc) is 3.11. The highest BCUT2D eigenvalue weighted by Gasteiger charge is 2.08. The number of aromatic nitrogens is 4. The molecule has 0 N–H and O–H groups in total. The van der Waals surface area contributed by atoms with Crippen LogP contribution in [0.1, 0.15) is 11.5 Å². The summed E-state index contributed by atoms with van der Waals surface area (Å²) in [6.07, 6.45) is 3.34. The smallest absolute Gasteiger partial charge is 0.281 e. The lowest BCUT2D eigenvalue weighted by Crippen LogP contribution is -2.21. The lowest BCUT2D eigenvalue weighted by atomic mass is 10.4. The molecule has 0 unspecified atom stereocenters. The van der Waals surface area contributed by atoms with Crippen molar-refractivity contribution in [3.8, 4) is 0 Å². The molecule has 0 saturated carbocycles. The lowest BCUT2D eigenvalue weighted by Gasteiger charge is -2.06. The molecular weight excluding hydrogens is 326 g/mol. The first-order valence-corrected chi connectivity index (χ1v) is 8.87. The third kappa shape index (κ3) is 3.88. The number of furan rings is 1. The van der Waals surface area contributed by atoms with Crippen LogP contribution in [0, 0.1) is 0 Å². The number of rotatable bonds is 7. The van der Waals surface area contributed by atoms with Crippen molar-refractivity contribution in [3.05, 3.63) is 46.5 Å². The van der Waals surface area contributed by atoms with E-state index in [2.05, 4.69) is 15.0 Å². The molecule has 0 spiro atoms. The zero-order valence-electron chi connectivity index (χ0n) is 14.1. The fraction of sp³-hybridized carbons (Fsp3) is 0.438. The molecule has 0 aliphatic carbocycles. The highest BCUT2D eigenvalue weighted by Crippen LogP contribution is 2.16. The van der Waals surface area contributed by atoms with Crippen molar-refractivity contribution < 1.29 is 4.42 Å². The van der Waals surface area contributed by atoms with Crippen molar-refractivity contribution in [2.24, 2.45) is 7.05 Å². The van der Waals surface area contributed by atoms with E-state index in [1.54, 1.807) is 40.6 Å². The Kier molecular flexibility index (Phi) is 5.06. The van der Waals surface area contributed by atoms with Crippen molar-refractivity contribution in [1.29, 1.82) is 0 Å². The Hall–Kier alpha value is -2.06. The molecule has 0 fully saturated rings. The van der Waals surface area contributed by atoms with Crippen LogP contribution in [-0.2, 0) is 25.9 Å². The number of hydrogen-bond acceptors (Lipinski definition) is 6. The summed E-state index contributed by atoms with van der Waals surface area (Å²) in [5, 5.41) is 4.17. The van der Waals surface area contributed by atoms with E-state index in [0.717, 1.165) is 29.6 Å². The van der Waals surface area contributed by atoms with Gasteiger partial charge in [0, 0.05) is 19.3 Å². The molecule has 3 aromatic rings. The molecule has 0 aliphatic heterocycles. The second kappa shape index (κ2) is 7.23. The van der Waals surface area contributed by atoms with Crippen molar-refractivity contribution in [1.82, 2.24) is 24.2 Å². The Morgan fingerprint density at radius 3 is 2.88 bits per heavy atom. The van der Waals surface area contributed by atoms with Crippen LogP contribution in [0.5, 0.6) is 0 Å². The summed E-state index contributed by atoms with van der Waals surface area (Å²) in [5.41, 5.74) is 0.965. The van der Waals surface area contributed by atoms with Crippen LogP contribution < -0.4 is 5.56 Å². The van der Waals surface area contributed by atoms with Gasteiger partial charge in [0.15, 0.2) is 5.52 Å². The van der Waals surface area contributed by atoms with Gasteiger partial charge in [-0.25, -0.2) is 4.98 Å². The van der Waals surface area contributed by atoms with Gasteiger partial charge in [0.25, 0.3) is 5.56 Å². The first-order chi connectivity index (χ1) is 11.5. The SMILES string of the molecule is CN(C)Cc1ccc(CSCCn2cnc3cn(C)nc3c2=O)o1. The number of thioether (sulfide) groups is 1. The molecule has 3 rings (SSSR count). The van der Waals surface area contributed by atoms with Crippen molar-refractivity contribution in [2.75, 3.05) is 19.8 Å². The average molecular weight is 347 g/mol. The van der Waals surface area contributed by atoms with Crippen LogP contribution in [0.3, 0.4) is 0 Å². The normalized spacial score (nSPS) is 11.7. The molecule has 128 valence electrons. The topological polar surface area (TPSA) is 69.1 Å². The first kappa shape index (κ1) is 16.8. The fourth-order valence-corrected chi connectivity index (χ4v) is 3.26. The molecule has 8 heteroatoms. The van der Waals surface area contributed by atoms with Crippen molar-refractivity contribution in [2.45, 2.75) is 18.8 Å². The molecule has 0 aliphatic rings. The summed E-state index contributed by atoms with van der Waals surface area (Å²) in [7, 11) is 5.82. The highest BCUT2D eigenvalue weighted by atomic mass is 32.2. The Morgan fingerprint density at radius 2 is 2.08 bits per heavy atom. The summed E-state index contributed by atoms with van der Waals surface area (Å²) in [6, 6.07) is 4.03. The minimum atomic E-state index is -0.0903. The van der Waals surface area contributed by atoms with Crippen LogP contribution in [-0.4, -0.2) is 44.1 Å². The molecule has 0 bridgehead atoms. The predicted molar refractivity (Wildman–Crippen MR) is 95.0 cm³/mol. The van der Waals surface area contributed by atoms with Gasteiger partial charge >= 0.3 is 0 Å². The van der Waals surface area contributed by atoms with Crippen LogP contribution in [0.4, 0.5) is 0 Å². The number of fused-ring (bicyclic) bond motifs is 1. The molecule has 3 aromatic heterocycles. The van der Waals surface area contributed by atoms with Crippen LogP contribution in [0.2, 0.25) is 0 Å². The maximum atomic E-state index is 12.3. The third-order valence-corrected chi connectivity index (χ3v) is 4.48. The van der Waals surface area contributed by atoms with Gasteiger partial charge in [0.1, 0.15) is 17.0 Å². The zero-order valence-corrected chi connectivity index (χ0v) is 14.9. The van der Waals surface area contributed by atoms with E-state index in [1.165, 1.54) is 0 Å². The maximum absolute atomic E-state index is 12.3. The van der Waals surface area contributed by atoms with Gasteiger partial charge in [-0.2, -0.15) is 16.9 Å². The molecule has 24 heavy (non-hydrogen) atoms. The first-order valence-electron chi connectivity index (χ1n) is 7.72. The van der Waals surface area contributed by atoms with Crippen LogP contribution in [0.15, 0.2) is 33.9 Å². The van der Waals surface area contributed by atoms with E-state index in [9.17, 15) is 4.79 Å². The zero-order chi connectivity index (χ0) is 17.1. The molecule has 0 radical (unpaired) electrons. The van der Waals surface area contributed by atoms with Crippen molar-refractivity contribution in [3.63, 3.8) is 0 Å². The molecule has 7 nitrogen and oxygen atoms in total. The molecule has 0 amide bonds. The largest absolute Gasteiger partial charge is 0.464 e. The van der Waals surface area contributed by atoms with E-state index in [4.69, 9.17) is 4.42 Å². The number of aryl methyl sites for hydroxylation is 2. The van der Waals surface area contributed by atoms with Gasteiger partial charge in [0.2, 0.25) is 0 Å². The lowest BCUT2D eigenvalue weighted by molar-refractivity contribution is 0.344. The summed E-state index contributed by atoms with van der Waals surface area (Å²) < 4.78 is 9.00. The predicted octanol–water partition coefficient (Wildman–Crippen LogP) is 1.72. The number of hydrogen-bond donors (Lipinski definition) is 0. The monoisotopic (exact) mass is 347 g/mol. The molecule has 3 heterocycles. The van der Waals surface area contributed by atoms with E-state index < -0.39 is 0 Å². The molecule has 0 saturated heterocycles. The second-order valence-corrected chi connectivity index (χ2v) is 7.04. The quantitative estimate of drug-likeness (QED) is 0.606. The second-order valence-electron chi connectivity index (χ2n) is 5.94. The number of nitrogens with zero attached hydrogens (tertiary/aromatic N) is 5. The molecular formula is C16H21N5O2S. The van der Waals surface area contributed by atoms with Crippen LogP contribution in [0.25, 0.3) is 11.0 Å². The van der Waals surface area contributed by atoms with Gasteiger partial charge in [0.05, 0.1) is 24.8 Å². The van der Waals surface area contributed by atoms with Gasteiger partial charge < -0.3 is 9.32 Å². The summed E-state index contributed by atoms with van der Waals surface area (Å²) in [5.74, 6) is 3.53. The van der Waals surface area contributed by atoms with Crippen molar-refractivity contribution >= 4 is 22.8 Å². The maximum Gasteiger partial charge on any atom is 0.281 e. The summed E-state index contributed by atoms with van der Waals surface area (Å²) in [4.78, 5) is 18.7. The minimum absolute atomic E-state index is 0.0903.